The van der Waals surface area contributed by atoms with Crippen LogP contribution in [0.5, 0.6) is 0 Å². The molecule has 4 aliphatic carbocycles. The van der Waals surface area contributed by atoms with E-state index in [1.807, 2.05) is 0 Å². The third-order valence-corrected chi connectivity index (χ3v) is 12.6. The molecule has 0 aliphatic heterocycles. The van der Waals surface area contributed by atoms with Crippen LogP contribution in [0.15, 0.2) is 29.8 Å². The summed E-state index contributed by atoms with van der Waals surface area (Å²) in [6, 6.07) is 8.66. The first kappa shape index (κ1) is 27.2. The van der Waals surface area contributed by atoms with Crippen LogP contribution in [0, 0.1) is 65.1 Å². The minimum atomic E-state index is 0.102. The van der Waals surface area contributed by atoms with Crippen molar-refractivity contribution in [2.45, 2.75) is 112 Å². The zero-order valence-electron chi connectivity index (χ0n) is 24.8. The summed E-state index contributed by atoms with van der Waals surface area (Å²) >= 11 is 0. The smallest absolute Gasteiger partial charge is 0.127 e. The molecule has 0 aromatic heterocycles. The molecule has 0 N–H and O–H groups in total. The summed E-state index contributed by atoms with van der Waals surface area (Å²) in [5.41, 5.74) is 4.91. The van der Waals surface area contributed by atoms with Gasteiger partial charge in [0.15, 0.2) is 0 Å². The third-order valence-electron chi connectivity index (χ3n) is 12.6. The average Bonchev–Trinajstić information content (AvgIpc) is 3.22. The van der Waals surface area contributed by atoms with Crippen molar-refractivity contribution in [3.8, 4) is 0 Å². The van der Waals surface area contributed by atoms with Crippen molar-refractivity contribution in [2.75, 3.05) is 0 Å². The van der Waals surface area contributed by atoms with Gasteiger partial charge in [0.1, 0.15) is 6.29 Å². The quantitative estimate of drug-likeness (QED) is 0.339. The normalized spacial score (nSPS) is 41.2. The Kier molecular flexibility index (Phi) is 7.83. The van der Waals surface area contributed by atoms with E-state index < -0.39 is 0 Å². The number of hydrogen-bond acceptors (Lipinski definition) is 1. The number of carbonyl (C=O) groups is 1. The number of hydrogen-bond donors (Lipinski definition) is 0. The van der Waals surface area contributed by atoms with Gasteiger partial charge in [-0.2, -0.15) is 0 Å². The zero-order chi connectivity index (χ0) is 26.4. The van der Waals surface area contributed by atoms with Crippen molar-refractivity contribution in [3.63, 3.8) is 0 Å². The Labute approximate surface area is 228 Å². The fraction of sp³-hybridized carbons (Fsp3) is 0.750. The minimum absolute atomic E-state index is 0.102. The van der Waals surface area contributed by atoms with E-state index in [0.29, 0.717) is 10.8 Å². The number of fused-ring (bicyclic) bond motifs is 5. The molecular weight excluding hydrogens is 448 g/mol. The van der Waals surface area contributed by atoms with Gasteiger partial charge in [-0.05, 0) is 122 Å². The Morgan fingerprint density at radius 2 is 1.70 bits per heavy atom. The number of carbonyl (C=O) groups excluding carboxylic acids is 1. The van der Waals surface area contributed by atoms with Crippen molar-refractivity contribution < 1.29 is 4.79 Å². The maximum absolute atomic E-state index is 12.5. The topological polar surface area (TPSA) is 17.1 Å². The molecule has 0 saturated heterocycles. The highest BCUT2D eigenvalue weighted by Gasteiger charge is 2.61. The lowest BCUT2D eigenvalue weighted by molar-refractivity contribution is -0.126. The van der Waals surface area contributed by atoms with Gasteiger partial charge in [0.05, 0.1) is 0 Å². The van der Waals surface area contributed by atoms with Gasteiger partial charge in [0.25, 0.3) is 0 Å². The number of aldehydes is 1. The molecule has 37 heavy (non-hydrogen) atoms. The fourth-order valence-electron chi connectivity index (χ4n) is 10.5. The lowest BCUT2D eigenvalue weighted by atomic mass is 9.43. The maximum atomic E-state index is 12.5. The lowest BCUT2D eigenvalue weighted by Gasteiger charge is -2.61. The Bertz CT molecular complexity index is 988. The van der Waals surface area contributed by atoms with E-state index >= 15 is 0 Å². The monoisotopic (exact) mass is 502 g/mol. The first-order chi connectivity index (χ1) is 17.7. The Balaban J connectivity index is 1.33. The standard InChI is InChI=1S/C36H54O/c1-24(2)10-9-12-26(4)32-16-17-33-31-15-14-30-21-28(20-27-13-8-7-11-25(27)3)29(23-37)22-36(30,6)34(31)18-19-35(32,33)5/h7-8,11,13,20,23-24,26,29-34H,9-10,12,14-19,21-22H2,1-6H3/b28-20+. The largest absolute Gasteiger partial charge is 0.303 e. The van der Waals surface area contributed by atoms with Gasteiger partial charge in [-0.3, -0.25) is 0 Å². The number of aryl methyl sites for hydroxylation is 1. The highest BCUT2D eigenvalue weighted by molar-refractivity contribution is 5.67. The molecule has 0 radical (unpaired) electrons. The summed E-state index contributed by atoms with van der Waals surface area (Å²) in [7, 11) is 0. The van der Waals surface area contributed by atoms with E-state index in [4.69, 9.17) is 0 Å². The first-order valence-electron chi connectivity index (χ1n) is 15.9. The average molecular weight is 503 g/mol. The number of benzene rings is 1. The predicted molar refractivity (Wildman–Crippen MR) is 157 cm³/mol. The molecule has 1 aromatic rings. The number of allylic oxidation sites excluding steroid dienone is 1. The highest BCUT2D eigenvalue weighted by Crippen LogP contribution is 2.69. The first-order valence-corrected chi connectivity index (χ1v) is 15.9. The molecule has 9 atom stereocenters. The van der Waals surface area contributed by atoms with Crippen LogP contribution in [0.3, 0.4) is 0 Å². The van der Waals surface area contributed by atoms with E-state index in [-0.39, 0.29) is 5.92 Å². The summed E-state index contributed by atoms with van der Waals surface area (Å²) in [5.74, 6) is 6.11. The number of rotatable bonds is 7. The van der Waals surface area contributed by atoms with Crippen molar-refractivity contribution in [1.29, 1.82) is 0 Å². The molecule has 204 valence electrons. The van der Waals surface area contributed by atoms with Gasteiger partial charge in [0, 0.05) is 5.92 Å². The molecule has 4 aliphatic rings. The van der Waals surface area contributed by atoms with Crippen molar-refractivity contribution in [2.24, 2.45) is 58.2 Å². The second-order valence-corrected chi connectivity index (χ2v) is 14.9. The Hall–Kier alpha value is -1.37. The summed E-state index contributed by atoms with van der Waals surface area (Å²) in [6.45, 7) is 14.8. The molecule has 0 bridgehead atoms. The fourth-order valence-corrected chi connectivity index (χ4v) is 10.5. The maximum Gasteiger partial charge on any atom is 0.127 e. The van der Waals surface area contributed by atoms with Crippen LogP contribution < -0.4 is 0 Å². The lowest BCUT2D eigenvalue weighted by Crippen LogP contribution is -2.54. The van der Waals surface area contributed by atoms with Crippen molar-refractivity contribution in [3.05, 3.63) is 41.0 Å². The van der Waals surface area contributed by atoms with E-state index in [2.05, 4.69) is 71.9 Å². The van der Waals surface area contributed by atoms with Gasteiger partial charge >= 0.3 is 0 Å². The second kappa shape index (κ2) is 10.7. The summed E-state index contributed by atoms with van der Waals surface area (Å²) < 4.78 is 0. The van der Waals surface area contributed by atoms with Crippen LogP contribution in [-0.4, -0.2) is 6.29 Å². The summed E-state index contributed by atoms with van der Waals surface area (Å²) in [6.07, 6.45) is 18.7. The molecule has 1 nitrogen and oxygen atoms in total. The molecule has 4 saturated carbocycles. The van der Waals surface area contributed by atoms with Crippen LogP contribution in [0.1, 0.15) is 116 Å². The second-order valence-electron chi connectivity index (χ2n) is 14.9. The van der Waals surface area contributed by atoms with Crippen molar-refractivity contribution in [1.82, 2.24) is 0 Å². The highest BCUT2D eigenvalue weighted by atomic mass is 16.1. The Morgan fingerprint density at radius 1 is 0.946 bits per heavy atom. The molecule has 0 amide bonds. The summed E-state index contributed by atoms with van der Waals surface area (Å²) in [5, 5.41) is 0. The molecular formula is C36H54O. The van der Waals surface area contributed by atoms with Crippen LogP contribution in [0.2, 0.25) is 0 Å². The molecule has 0 heterocycles. The van der Waals surface area contributed by atoms with Gasteiger partial charge < -0.3 is 4.79 Å². The van der Waals surface area contributed by atoms with Crippen LogP contribution >= 0.6 is 0 Å². The Morgan fingerprint density at radius 3 is 2.43 bits per heavy atom. The SMILES string of the molecule is Cc1ccccc1/C=C1\CC2CCC3C(CCC4(C)C(C(C)CCCC(C)C)CCC34)C2(C)CC1C=O. The van der Waals surface area contributed by atoms with Gasteiger partial charge in [-0.25, -0.2) is 0 Å². The van der Waals surface area contributed by atoms with Gasteiger partial charge in [-0.1, -0.05) is 89.8 Å². The zero-order valence-corrected chi connectivity index (χ0v) is 24.8. The molecule has 4 fully saturated rings. The van der Waals surface area contributed by atoms with Crippen molar-refractivity contribution >= 4 is 12.4 Å². The third kappa shape index (κ3) is 4.91. The van der Waals surface area contributed by atoms with Gasteiger partial charge in [-0.15, -0.1) is 0 Å². The van der Waals surface area contributed by atoms with Crippen LogP contribution in [0.4, 0.5) is 0 Å². The van der Waals surface area contributed by atoms with Gasteiger partial charge in [0.2, 0.25) is 0 Å². The predicted octanol–water partition coefficient (Wildman–Crippen LogP) is 9.92. The van der Waals surface area contributed by atoms with Crippen LogP contribution in [0.25, 0.3) is 6.08 Å². The molecule has 0 spiro atoms. The van der Waals surface area contributed by atoms with E-state index in [1.54, 1.807) is 0 Å². The van der Waals surface area contributed by atoms with E-state index in [0.717, 1.165) is 54.3 Å². The molecule has 5 rings (SSSR count). The van der Waals surface area contributed by atoms with E-state index in [9.17, 15) is 4.79 Å². The molecule has 9 unspecified atom stereocenters. The molecule has 1 heteroatoms. The molecule has 1 aromatic carbocycles. The van der Waals surface area contributed by atoms with E-state index in [1.165, 1.54) is 80.8 Å². The minimum Gasteiger partial charge on any atom is -0.303 e. The van der Waals surface area contributed by atoms with Crippen LogP contribution in [-0.2, 0) is 4.79 Å². The summed E-state index contributed by atoms with van der Waals surface area (Å²) in [4.78, 5) is 12.5.